The minimum Gasteiger partial charge on any atom is -0.325 e. The summed E-state index contributed by atoms with van der Waals surface area (Å²) in [5.41, 5.74) is 2.85. The maximum Gasteiger partial charge on any atom is 0.237 e. The summed E-state index contributed by atoms with van der Waals surface area (Å²) in [5, 5.41) is 15.0. The molecule has 0 aliphatic heterocycles. The molecular weight excluding hydrogens is 346 g/mol. The van der Waals surface area contributed by atoms with Crippen molar-refractivity contribution in [3.8, 4) is 11.1 Å². The third-order valence-electron chi connectivity index (χ3n) is 3.87. The molecule has 0 radical (unpaired) electrons. The van der Waals surface area contributed by atoms with Crippen LogP contribution in [0.4, 0.5) is 5.69 Å². The van der Waals surface area contributed by atoms with E-state index in [0.717, 1.165) is 16.8 Å². The SMILES string of the molecule is CC(Sc1nnnn1C(C)C)C(=O)Nc1ccccc1-c1ccccc1. The van der Waals surface area contributed by atoms with Crippen molar-refractivity contribution in [2.75, 3.05) is 5.32 Å². The first kappa shape index (κ1) is 18.1. The first-order valence-electron chi connectivity index (χ1n) is 8.46. The molecule has 0 aliphatic carbocycles. The summed E-state index contributed by atoms with van der Waals surface area (Å²) in [7, 11) is 0. The normalized spacial score (nSPS) is 12.2. The molecule has 3 aromatic rings. The Bertz CT molecular complexity index is 878. The van der Waals surface area contributed by atoms with E-state index in [1.54, 1.807) is 4.68 Å². The van der Waals surface area contributed by atoms with E-state index in [0.29, 0.717) is 5.16 Å². The standard InChI is InChI=1S/C19H21N5OS/c1-13(2)24-19(21-22-23-24)26-14(3)18(25)20-17-12-8-7-11-16(17)15-9-5-4-6-10-15/h4-14H,1-3H3,(H,20,25). The van der Waals surface area contributed by atoms with Crippen molar-refractivity contribution in [1.82, 2.24) is 20.2 Å². The predicted octanol–water partition coefficient (Wildman–Crippen LogP) is 4.04. The van der Waals surface area contributed by atoms with Gasteiger partial charge >= 0.3 is 0 Å². The molecule has 1 atom stereocenters. The summed E-state index contributed by atoms with van der Waals surface area (Å²) < 4.78 is 1.71. The molecule has 0 fully saturated rings. The number of hydrogen-bond donors (Lipinski definition) is 1. The fourth-order valence-electron chi connectivity index (χ4n) is 2.49. The number of hydrogen-bond acceptors (Lipinski definition) is 5. The fraction of sp³-hybridized carbons (Fsp3) is 0.263. The van der Waals surface area contributed by atoms with Crippen molar-refractivity contribution in [2.24, 2.45) is 0 Å². The third-order valence-corrected chi connectivity index (χ3v) is 4.92. The molecule has 1 N–H and O–H groups in total. The Morgan fingerprint density at radius 1 is 1.04 bits per heavy atom. The van der Waals surface area contributed by atoms with Gasteiger partial charge in [-0.25, -0.2) is 4.68 Å². The van der Waals surface area contributed by atoms with Gasteiger partial charge in [-0.3, -0.25) is 4.79 Å². The molecule has 0 spiro atoms. The van der Waals surface area contributed by atoms with E-state index in [4.69, 9.17) is 0 Å². The Kier molecular flexibility index (Phi) is 5.68. The number of tetrazole rings is 1. The number of carbonyl (C=O) groups is 1. The van der Waals surface area contributed by atoms with Crippen LogP contribution in [0.1, 0.15) is 26.8 Å². The molecule has 0 bridgehead atoms. The number of para-hydroxylation sites is 1. The van der Waals surface area contributed by atoms with Crippen molar-refractivity contribution in [3.05, 3.63) is 54.6 Å². The molecule has 0 aliphatic rings. The molecule has 2 aromatic carbocycles. The van der Waals surface area contributed by atoms with Crippen molar-refractivity contribution < 1.29 is 4.79 Å². The minimum atomic E-state index is -0.331. The van der Waals surface area contributed by atoms with Gasteiger partial charge in [0.1, 0.15) is 0 Å². The topological polar surface area (TPSA) is 72.7 Å². The second kappa shape index (κ2) is 8.14. The lowest BCUT2D eigenvalue weighted by atomic mass is 10.0. The molecule has 134 valence electrons. The molecule has 3 rings (SSSR count). The van der Waals surface area contributed by atoms with Gasteiger partial charge in [0.15, 0.2) is 0 Å². The highest BCUT2D eigenvalue weighted by Crippen LogP contribution is 2.29. The van der Waals surface area contributed by atoms with Crippen LogP contribution in [0.15, 0.2) is 59.8 Å². The van der Waals surface area contributed by atoms with Crippen LogP contribution in [0.5, 0.6) is 0 Å². The number of carbonyl (C=O) groups excluding carboxylic acids is 1. The highest BCUT2D eigenvalue weighted by atomic mass is 32.2. The van der Waals surface area contributed by atoms with Crippen LogP contribution in [0, 0.1) is 0 Å². The summed E-state index contributed by atoms with van der Waals surface area (Å²) in [6, 6.07) is 17.9. The third kappa shape index (κ3) is 4.11. The van der Waals surface area contributed by atoms with E-state index in [-0.39, 0.29) is 17.2 Å². The largest absolute Gasteiger partial charge is 0.325 e. The van der Waals surface area contributed by atoms with E-state index < -0.39 is 0 Å². The Labute approximate surface area is 157 Å². The molecular formula is C19H21N5OS. The highest BCUT2D eigenvalue weighted by molar-refractivity contribution is 8.00. The summed E-state index contributed by atoms with van der Waals surface area (Å²) in [6.45, 7) is 5.85. The van der Waals surface area contributed by atoms with Gasteiger partial charge in [-0.2, -0.15) is 0 Å². The van der Waals surface area contributed by atoms with Gasteiger partial charge in [0, 0.05) is 11.3 Å². The molecule has 7 heteroatoms. The van der Waals surface area contributed by atoms with Crippen LogP contribution >= 0.6 is 11.8 Å². The summed E-state index contributed by atoms with van der Waals surface area (Å²) in [4.78, 5) is 12.7. The van der Waals surface area contributed by atoms with Gasteiger partial charge in [-0.15, -0.1) is 5.10 Å². The number of rotatable bonds is 6. The maximum atomic E-state index is 12.7. The van der Waals surface area contributed by atoms with Crippen LogP contribution in [-0.2, 0) is 4.79 Å². The van der Waals surface area contributed by atoms with Gasteiger partial charge < -0.3 is 5.32 Å². The number of nitrogens with one attached hydrogen (secondary N) is 1. The molecule has 6 nitrogen and oxygen atoms in total. The lowest BCUT2D eigenvalue weighted by Crippen LogP contribution is -2.23. The summed E-state index contributed by atoms with van der Waals surface area (Å²) in [5.74, 6) is -0.0864. The molecule has 1 heterocycles. The lowest BCUT2D eigenvalue weighted by molar-refractivity contribution is -0.115. The quantitative estimate of drug-likeness (QED) is 0.666. The molecule has 1 amide bonds. The first-order valence-corrected chi connectivity index (χ1v) is 9.34. The van der Waals surface area contributed by atoms with Crippen molar-refractivity contribution in [3.63, 3.8) is 0 Å². The zero-order valence-corrected chi connectivity index (χ0v) is 15.8. The van der Waals surface area contributed by atoms with E-state index in [1.807, 2.05) is 75.4 Å². The lowest BCUT2D eigenvalue weighted by Gasteiger charge is -2.15. The van der Waals surface area contributed by atoms with Crippen LogP contribution in [-0.4, -0.2) is 31.4 Å². The van der Waals surface area contributed by atoms with E-state index in [1.165, 1.54) is 11.8 Å². The van der Waals surface area contributed by atoms with Gasteiger partial charge in [0.2, 0.25) is 11.1 Å². The zero-order valence-electron chi connectivity index (χ0n) is 15.0. The second-order valence-corrected chi connectivity index (χ2v) is 7.47. The fourth-order valence-corrected chi connectivity index (χ4v) is 3.42. The smallest absolute Gasteiger partial charge is 0.237 e. The average Bonchev–Trinajstić information content (AvgIpc) is 3.11. The Balaban J connectivity index is 1.75. The number of anilines is 1. The van der Waals surface area contributed by atoms with Gasteiger partial charge in [-0.05, 0) is 42.8 Å². The van der Waals surface area contributed by atoms with Gasteiger partial charge in [0.05, 0.1) is 11.3 Å². The Morgan fingerprint density at radius 3 is 2.46 bits per heavy atom. The highest BCUT2D eigenvalue weighted by Gasteiger charge is 2.20. The molecule has 0 saturated carbocycles. The van der Waals surface area contributed by atoms with E-state index >= 15 is 0 Å². The number of amides is 1. The maximum absolute atomic E-state index is 12.7. The molecule has 26 heavy (non-hydrogen) atoms. The van der Waals surface area contributed by atoms with Crippen LogP contribution in [0.25, 0.3) is 11.1 Å². The van der Waals surface area contributed by atoms with Crippen molar-refractivity contribution >= 4 is 23.4 Å². The molecule has 1 aromatic heterocycles. The Hall–Kier alpha value is -2.67. The van der Waals surface area contributed by atoms with Crippen molar-refractivity contribution in [2.45, 2.75) is 37.2 Å². The Morgan fingerprint density at radius 2 is 1.73 bits per heavy atom. The number of thioether (sulfide) groups is 1. The average molecular weight is 367 g/mol. The monoisotopic (exact) mass is 367 g/mol. The van der Waals surface area contributed by atoms with Gasteiger partial charge in [-0.1, -0.05) is 60.3 Å². The van der Waals surface area contributed by atoms with Crippen LogP contribution in [0.2, 0.25) is 0 Å². The van der Waals surface area contributed by atoms with Crippen LogP contribution < -0.4 is 5.32 Å². The summed E-state index contributed by atoms with van der Waals surface area (Å²) >= 11 is 1.35. The number of nitrogens with zero attached hydrogens (tertiary/aromatic N) is 4. The van der Waals surface area contributed by atoms with Crippen LogP contribution in [0.3, 0.4) is 0 Å². The molecule has 1 unspecified atom stereocenters. The summed E-state index contributed by atoms with van der Waals surface area (Å²) in [6.07, 6.45) is 0. The second-order valence-electron chi connectivity index (χ2n) is 6.16. The molecule has 0 saturated heterocycles. The van der Waals surface area contributed by atoms with Crippen molar-refractivity contribution in [1.29, 1.82) is 0 Å². The number of aromatic nitrogens is 4. The van der Waals surface area contributed by atoms with E-state index in [2.05, 4.69) is 20.8 Å². The minimum absolute atomic E-state index is 0.0864. The van der Waals surface area contributed by atoms with E-state index in [9.17, 15) is 4.79 Å². The number of benzene rings is 2. The zero-order chi connectivity index (χ0) is 18.5. The van der Waals surface area contributed by atoms with Gasteiger partial charge in [0.25, 0.3) is 0 Å². The predicted molar refractivity (Wildman–Crippen MR) is 104 cm³/mol. The first-order chi connectivity index (χ1) is 12.6.